The Balaban J connectivity index is 1.49. The lowest BCUT2D eigenvalue weighted by molar-refractivity contribution is -0.137. The van der Waals surface area contributed by atoms with E-state index in [4.69, 9.17) is 4.74 Å². The zero-order chi connectivity index (χ0) is 24.2. The monoisotopic (exact) mass is 471 g/mol. The van der Waals surface area contributed by atoms with Crippen LogP contribution >= 0.6 is 0 Å². The van der Waals surface area contributed by atoms with Crippen molar-refractivity contribution in [2.75, 3.05) is 13.2 Å². The maximum absolute atomic E-state index is 13.2. The highest BCUT2D eigenvalue weighted by Gasteiger charge is 2.25. The van der Waals surface area contributed by atoms with E-state index in [2.05, 4.69) is 16.0 Å². The van der Waals surface area contributed by atoms with Gasteiger partial charge in [-0.25, -0.2) is 4.98 Å². The van der Waals surface area contributed by atoms with Gasteiger partial charge in [0.15, 0.2) is 0 Å². The number of nitrogens with zero attached hydrogens (tertiary/aromatic N) is 3. The highest BCUT2D eigenvalue weighted by Crippen LogP contribution is 2.32. The van der Waals surface area contributed by atoms with E-state index in [1.165, 1.54) is 5.56 Å². The molecule has 7 bridgehead atoms. The SMILES string of the molecule is O=C(O)CC1c2ccc(nc2)OCCCCCc2ccc(nc2)C(=O)N2CCc3ccc1cc3C2. The second kappa shape index (κ2) is 10.3. The fourth-order valence-corrected chi connectivity index (χ4v) is 4.90. The number of rotatable bonds is 2. The van der Waals surface area contributed by atoms with Crippen LogP contribution in [0.25, 0.3) is 0 Å². The fraction of sp³-hybridized carbons (Fsp3) is 0.357. The van der Waals surface area contributed by atoms with Gasteiger partial charge in [-0.2, -0.15) is 0 Å². The minimum Gasteiger partial charge on any atom is -0.481 e. The summed E-state index contributed by atoms with van der Waals surface area (Å²) < 4.78 is 5.80. The standard InChI is InChI=1S/C28H29N3O4/c32-27(33)15-24-21-7-6-20-11-12-31(18-23(20)14-21)28(34)25-9-5-19(16-29-25)4-2-1-3-13-35-26-10-8-22(24)17-30-26/h5-10,14,16-17,24H,1-4,11-13,15,18H2,(H,32,33). The molecule has 1 atom stereocenters. The van der Waals surface area contributed by atoms with E-state index in [9.17, 15) is 14.7 Å². The Morgan fingerprint density at radius 3 is 2.63 bits per heavy atom. The molecule has 0 spiro atoms. The van der Waals surface area contributed by atoms with Gasteiger partial charge in [0.05, 0.1) is 13.0 Å². The number of aliphatic carboxylic acids is 1. The second-order valence-electron chi connectivity index (χ2n) is 9.30. The van der Waals surface area contributed by atoms with Gasteiger partial charge in [0.25, 0.3) is 5.91 Å². The summed E-state index contributed by atoms with van der Waals surface area (Å²) in [4.78, 5) is 35.6. The number of pyridine rings is 2. The average Bonchev–Trinajstić information content (AvgIpc) is 2.88. The lowest BCUT2D eigenvalue weighted by Gasteiger charge is -2.30. The second-order valence-corrected chi connectivity index (χ2v) is 9.30. The highest BCUT2D eigenvalue weighted by atomic mass is 16.5. The number of hydrogen-bond acceptors (Lipinski definition) is 5. The van der Waals surface area contributed by atoms with Crippen molar-refractivity contribution < 1.29 is 19.4 Å². The van der Waals surface area contributed by atoms with Gasteiger partial charge in [-0.1, -0.05) is 30.3 Å². The summed E-state index contributed by atoms with van der Waals surface area (Å²) in [6, 6.07) is 13.7. The van der Waals surface area contributed by atoms with Crippen molar-refractivity contribution in [3.8, 4) is 5.88 Å². The van der Waals surface area contributed by atoms with Crippen LogP contribution in [-0.4, -0.2) is 45.0 Å². The summed E-state index contributed by atoms with van der Waals surface area (Å²) >= 11 is 0. The maximum atomic E-state index is 13.2. The van der Waals surface area contributed by atoms with E-state index >= 15 is 0 Å². The maximum Gasteiger partial charge on any atom is 0.304 e. The molecule has 2 aromatic heterocycles. The van der Waals surface area contributed by atoms with Crippen LogP contribution in [0.1, 0.15) is 69.9 Å². The largest absolute Gasteiger partial charge is 0.481 e. The van der Waals surface area contributed by atoms with Crippen LogP contribution in [0.5, 0.6) is 5.88 Å². The van der Waals surface area contributed by atoms with Gasteiger partial charge in [-0.05, 0) is 66.0 Å². The first-order chi connectivity index (χ1) is 17.1. The number of carboxylic acids is 1. The Labute approximate surface area is 204 Å². The molecule has 7 heteroatoms. The minimum atomic E-state index is -0.870. The van der Waals surface area contributed by atoms with E-state index in [1.807, 2.05) is 47.5 Å². The lowest BCUT2D eigenvalue weighted by atomic mass is 9.86. The van der Waals surface area contributed by atoms with Crippen LogP contribution in [0, 0.1) is 0 Å². The van der Waals surface area contributed by atoms with Crippen LogP contribution in [-0.2, 0) is 24.2 Å². The molecule has 0 aliphatic carbocycles. The third-order valence-electron chi connectivity index (χ3n) is 6.88. The summed E-state index contributed by atoms with van der Waals surface area (Å²) in [5, 5.41) is 9.61. The molecule has 0 saturated heterocycles. The first-order valence-corrected chi connectivity index (χ1v) is 12.2. The van der Waals surface area contributed by atoms with Crippen molar-refractivity contribution >= 4 is 11.9 Å². The number of ether oxygens (including phenoxy) is 1. The normalized spacial score (nSPS) is 18.2. The van der Waals surface area contributed by atoms with Crippen LogP contribution in [0.3, 0.4) is 0 Å². The van der Waals surface area contributed by atoms with Gasteiger partial charge in [-0.3, -0.25) is 14.6 Å². The van der Waals surface area contributed by atoms with Gasteiger partial charge >= 0.3 is 5.97 Å². The Kier molecular flexibility index (Phi) is 6.75. The molecule has 3 aromatic rings. The number of aromatic nitrogens is 2. The predicted octanol–water partition coefficient (Wildman–Crippen LogP) is 4.39. The summed E-state index contributed by atoms with van der Waals surface area (Å²) in [7, 11) is 0. The number of carbonyl (C=O) groups excluding carboxylic acids is 1. The average molecular weight is 472 g/mol. The Morgan fingerprint density at radius 2 is 1.86 bits per heavy atom. The number of carboxylic acid groups (broad SMARTS) is 1. The van der Waals surface area contributed by atoms with Gasteiger partial charge in [0.2, 0.25) is 5.88 Å². The van der Waals surface area contributed by atoms with Crippen LogP contribution in [0.15, 0.2) is 54.9 Å². The molecule has 7 nitrogen and oxygen atoms in total. The molecule has 0 radical (unpaired) electrons. The topological polar surface area (TPSA) is 92.6 Å². The molecule has 0 saturated carbocycles. The van der Waals surface area contributed by atoms with E-state index in [1.54, 1.807) is 6.20 Å². The van der Waals surface area contributed by atoms with E-state index in [-0.39, 0.29) is 18.2 Å². The van der Waals surface area contributed by atoms with Crippen molar-refractivity contribution in [3.63, 3.8) is 0 Å². The molecule has 180 valence electrons. The van der Waals surface area contributed by atoms with Gasteiger partial charge in [0, 0.05) is 37.5 Å². The van der Waals surface area contributed by atoms with E-state index in [0.29, 0.717) is 31.3 Å². The highest BCUT2D eigenvalue weighted by molar-refractivity contribution is 5.92. The van der Waals surface area contributed by atoms with Gasteiger partial charge < -0.3 is 14.7 Å². The van der Waals surface area contributed by atoms with Crippen molar-refractivity contribution in [2.24, 2.45) is 0 Å². The number of carbonyl (C=O) groups is 2. The number of aryl methyl sites for hydroxylation is 1. The van der Waals surface area contributed by atoms with Crippen molar-refractivity contribution in [1.82, 2.24) is 14.9 Å². The van der Waals surface area contributed by atoms with E-state index in [0.717, 1.165) is 54.4 Å². The summed E-state index contributed by atoms with van der Waals surface area (Å²) in [5.74, 6) is -0.732. The Hall–Kier alpha value is -3.74. The Morgan fingerprint density at radius 1 is 0.971 bits per heavy atom. The molecule has 1 aromatic carbocycles. The quantitative estimate of drug-likeness (QED) is 0.596. The molecular weight excluding hydrogens is 442 g/mol. The van der Waals surface area contributed by atoms with Gasteiger partial charge in [-0.15, -0.1) is 0 Å². The Bertz CT molecular complexity index is 1210. The first-order valence-electron chi connectivity index (χ1n) is 12.2. The van der Waals surface area contributed by atoms with Crippen LogP contribution in [0.4, 0.5) is 0 Å². The number of amides is 1. The van der Waals surface area contributed by atoms with E-state index < -0.39 is 5.97 Å². The number of benzene rings is 1. The zero-order valence-corrected chi connectivity index (χ0v) is 19.7. The predicted molar refractivity (Wildman–Crippen MR) is 131 cm³/mol. The fourth-order valence-electron chi connectivity index (χ4n) is 4.90. The third kappa shape index (κ3) is 5.34. The molecule has 0 fully saturated rings. The molecule has 5 aliphatic rings. The minimum absolute atomic E-state index is 0.0421. The van der Waals surface area contributed by atoms with Crippen LogP contribution < -0.4 is 4.74 Å². The zero-order valence-electron chi connectivity index (χ0n) is 19.7. The summed E-state index contributed by atoms with van der Waals surface area (Å²) in [5.41, 5.74) is 5.57. The molecule has 7 heterocycles. The number of hydrogen-bond donors (Lipinski definition) is 1. The first kappa shape index (κ1) is 23.0. The summed E-state index contributed by atoms with van der Waals surface area (Å²) in [6.45, 7) is 1.70. The molecule has 1 unspecified atom stereocenters. The van der Waals surface area contributed by atoms with Crippen LogP contribution in [0.2, 0.25) is 0 Å². The molecule has 1 amide bonds. The molecule has 1 N–H and O–H groups in total. The molecule has 5 aliphatic heterocycles. The molecular formula is C28H29N3O4. The molecule has 35 heavy (non-hydrogen) atoms. The molecule has 8 rings (SSSR count). The smallest absolute Gasteiger partial charge is 0.304 e. The third-order valence-corrected chi connectivity index (χ3v) is 6.88. The van der Waals surface area contributed by atoms with Crippen molar-refractivity contribution in [3.05, 3.63) is 88.4 Å². The van der Waals surface area contributed by atoms with Crippen molar-refractivity contribution in [1.29, 1.82) is 0 Å². The summed E-state index contributed by atoms with van der Waals surface area (Å²) in [6.07, 6.45) is 8.12. The van der Waals surface area contributed by atoms with Gasteiger partial charge in [0.1, 0.15) is 5.69 Å². The lowest BCUT2D eigenvalue weighted by Crippen LogP contribution is -2.36. The van der Waals surface area contributed by atoms with Crippen molar-refractivity contribution in [2.45, 2.75) is 51.0 Å².